The summed E-state index contributed by atoms with van der Waals surface area (Å²) >= 11 is 0. The molecule has 0 saturated carbocycles. The van der Waals surface area contributed by atoms with Crippen LogP contribution >= 0.6 is 7.60 Å². The molecule has 27 heavy (non-hydrogen) atoms. The Balaban J connectivity index is 2.18. The topological polar surface area (TPSA) is 129 Å². The first-order valence-electron chi connectivity index (χ1n) is 8.42. The molecule has 1 aliphatic heterocycles. The van der Waals surface area contributed by atoms with Crippen molar-refractivity contribution >= 4 is 7.60 Å². The van der Waals surface area contributed by atoms with Gasteiger partial charge in [-0.25, -0.2) is 9.36 Å². The molecule has 0 bridgehead atoms. The molecule has 0 aromatic carbocycles. The second-order valence-corrected chi connectivity index (χ2v) is 7.33. The molecule has 150 valence electrons. The normalized spacial score (nSPS) is 25.2. The van der Waals surface area contributed by atoms with Crippen LogP contribution in [0.15, 0.2) is 21.9 Å². The van der Waals surface area contributed by atoms with Crippen LogP contribution in [0.2, 0.25) is 0 Å². The fourth-order valence-electron chi connectivity index (χ4n) is 2.68. The second kappa shape index (κ2) is 9.46. The fourth-order valence-corrected chi connectivity index (χ4v) is 3.85. The van der Waals surface area contributed by atoms with E-state index in [1.54, 1.807) is 13.8 Å². The predicted molar refractivity (Wildman–Crippen MR) is 95.3 cm³/mol. The molecular weight excluding hydrogens is 379 g/mol. The monoisotopic (exact) mass is 402 g/mol. The molecular formula is C16H23N2O8P. The first kappa shape index (κ1) is 21.6. The molecule has 2 rings (SSSR count). The van der Waals surface area contributed by atoms with Crippen molar-refractivity contribution in [2.24, 2.45) is 0 Å². The van der Waals surface area contributed by atoms with E-state index >= 15 is 0 Å². The summed E-state index contributed by atoms with van der Waals surface area (Å²) in [6.45, 7) is 3.70. The fraction of sp³-hybridized carbons (Fsp3) is 0.625. The van der Waals surface area contributed by atoms with Crippen molar-refractivity contribution < 1.29 is 28.2 Å². The lowest BCUT2D eigenvalue weighted by molar-refractivity contribution is -0.0531. The molecule has 1 aromatic rings. The highest BCUT2D eigenvalue weighted by molar-refractivity contribution is 7.59. The van der Waals surface area contributed by atoms with Gasteiger partial charge >= 0.3 is 13.3 Å². The maximum absolute atomic E-state index is 12.3. The van der Waals surface area contributed by atoms with Crippen LogP contribution in [-0.4, -0.2) is 53.3 Å². The number of aliphatic hydroxyl groups excluding tert-OH is 1. The zero-order valence-corrected chi connectivity index (χ0v) is 16.2. The molecule has 1 saturated heterocycles. The van der Waals surface area contributed by atoms with Crippen LogP contribution in [0.25, 0.3) is 0 Å². The van der Waals surface area contributed by atoms with Crippen molar-refractivity contribution in [3.63, 3.8) is 0 Å². The molecule has 2 N–H and O–H groups in total. The summed E-state index contributed by atoms with van der Waals surface area (Å²) in [5, 5.41) is 10.4. The highest BCUT2D eigenvalue weighted by Crippen LogP contribution is 2.46. The zero-order chi connectivity index (χ0) is 20.0. The minimum atomic E-state index is -3.53. The van der Waals surface area contributed by atoms with Crippen LogP contribution in [0.5, 0.6) is 0 Å². The number of rotatable bonds is 7. The largest absolute Gasteiger partial charge is 0.405 e. The molecule has 10 nitrogen and oxygen atoms in total. The maximum atomic E-state index is 12.3. The van der Waals surface area contributed by atoms with Gasteiger partial charge in [-0.1, -0.05) is 5.92 Å². The van der Waals surface area contributed by atoms with E-state index in [9.17, 15) is 19.3 Å². The number of nitrogens with one attached hydrogen (secondary N) is 1. The highest BCUT2D eigenvalue weighted by atomic mass is 31.2. The summed E-state index contributed by atoms with van der Waals surface area (Å²) in [5.41, 5.74) is 1.23. The van der Waals surface area contributed by atoms with Crippen LogP contribution in [0, 0.1) is 11.6 Å². The Morgan fingerprint density at radius 2 is 2.00 bits per heavy atom. The van der Waals surface area contributed by atoms with Gasteiger partial charge < -0.3 is 14.6 Å². The Bertz CT molecular complexity index is 844. The average molecular weight is 402 g/mol. The Kier molecular flexibility index (Phi) is 7.56. The lowest BCUT2D eigenvalue weighted by Gasteiger charge is -2.19. The van der Waals surface area contributed by atoms with Gasteiger partial charge in [0.2, 0.25) is 0 Å². The summed E-state index contributed by atoms with van der Waals surface area (Å²) in [6, 6.07) is 1.16. The minimum Gasteiger partial charge on any atom is -0.387 e. The van der Waals surface area contributed by atoms with E-state index in [-0.39, 0.29) is 19.6 Å². The molecule has 0 aliphatic carbocycles. The molecule has 0 spiro atoms. The number of hydrogen-bond acceptors (Lipinski definition) is 8. The van der Waals surface area contributed by atoms with Gasteiger partial charge in [0, 0.05) is 31.5 Å². The SMILES string of the molecule is CCOP(=O)(C#CC[C@H]1O[C@@H](n2ccc(=O)[nH]c2=O)C(OC)C1O)OCC. The Hall–Kier alpha value is -1.73. The lowest BCUT2D eigenvalue weighted by Crippen LogP contribution is -2.38. The van der Waals surface area contributed by atoms with Crippen molar-refractivity contribution in [1.82, 2.24) is 9.55 Å². The number of methoxy groups -OCH3 is 1. The minimum absolute atomic E-state index is 0.0137. The third kappa shape index (κ3) is 5.17. The van der Waals surface area contributed by atoms with Crippen molar-refractivity contribution in [2.75, 3.05) is 20.3 Å². The average Bonchev–Trinajstić information content (AvgIpc) is 2.91. The van der Waals surface area contributed by atoms with E-state index in [1.165, 1.54) is 13.3 Å². The summed E-state index contributed by atoms with van der Waals surface area (Å²) < 4.78 is 34.6. The van der Waals surface area contributed by atoms with Gasteiger partial charge in [0.1, 0.15) is 12.2 Å². The first-order chi connectivity index (χ1) is 12.8. The van der Waals surface area contributed by atoms with Gasteiger partial charge in [0.25, 0.3) is 5.56 Å². The van der Waals surface area contributed by atoms with Gasteiger partial charge in [-0.3, -0.25) is 23.4 Å². The number of hydrogen-bond donors (Lipinski definition) is 2. The predicted octanol–water partition coefficient (Wildman–Crippen LogP) is 0.427. The lowest BCUT2D eigenvalue weighted by atomic mass is 10.1. The van der Waals surface area contributed by atoms with Crippen LogP contribution in [0.4, 0.5) is 0 Å². The molecule has 1 fully saturated rings. The zero-order valence-electron chi connectivity index (χ0n) is 15.3. The van der Waals surface area contributed by atoms with E-state index in [2.05, 4.69) is 16.6 Å². The van der Waals surface area contributed by atoms with Gasteiger partial charge in [-0.15, -0.1) is 0 Å². The molecule has 2 unspecified atom stereocenters. The maximum Gasteiger partial charge on any atom is 0.405 e. The second-order valence-electron chi connectivity index (χ2n) is 5.60. The van der Waals surface area contributed by atoms with Gasteiger partial charge in [0.05, 0.1) is 19.3 Å². The molecule has 11 heteroatoms. The smallest absolute Gasteiger partial charge is 0.387 e. The molecule has 1 aromatic heterocycles. The summed E-state index contributed by atoms with van der Waals surface area (Å²) in [6.07, 6.45) is -2.43. The van der Waals surface area contributed by atoms with Gasteiger partial charge in [-0.2, -0.15) is 0 Å². The summed E-state index contributed by atoms with van der Waals surface area (Å²) in [7, 11) is -2.16. The third-order valence-corrected chi connectivity index (χ3v) is 5.46. The highest BCUT2D eigenvalue weighted by Gasteiger charge is 2.45. The van der Waals surface area contributed by atoms with E-state index in [4.69, 9.17) is 18.5 Å². The molecule has 0 radical (unpaired) electrons. The van der Waals surface area contributed by atoms with Crippen LogP contribution in [-0.2, 0) is 23.1 Å². The van der Waals surface area contributed by atoms with Gasteiger partial charge in [-0.05, 0) is 13.8 Å². The summed E-state index contributed by atoms with van der Waals surface area (Å²) in [5.74, 6) is 2.66. The third-order valence-electron chi connectivity index (χ3n) is 3.83. The van der Waals surface area contributed by atoms with E-state index in [0.29, 0.717) is 0 Å². The molecule has 0 amide bonds. The number of H-pyrrole nitrogens is 1. The van der Waals surface area contributed by atoms with Crippen molar-refractivity contribution in [3.05, 3.63) is 33.1 Å². The van der Waals surface area contributed by atoms with Crippen LogP contribution < -0.4 is 11.2 Å². The van der Waals surface area contributed by atoms with Crippen molar-refractivity contribution in [1.29, 1.82) is 0 Å². The molecule has 2 heterocycles. The quantitative estimate of drug-likeness (QED) is 0.496. The van der Waals surface area contributed by atoms with Crippen LogP contribution in [0.3, 0.4) is 0 Å². The van der Waals surface area contributed by atoms with Crippen LogP contribution in [0.1, 0.15) is 26.5 Å². The number of aromatic nitrogens is 2. The first-order valence-corrected chi connectivity index (χ1v) is 9.96. The number of aromatic amines is 1. The number of aliphatic hydroxyl groups is 1. The van der Waals surface area contributed by atoms with Crippen molar-refractivity contribution in [3.8, 4) is 11.6 Å². The Morgan fingerprint density at radius 3 is 2.56 bits per heavy atom. The van der Waals surface area contributed by atoms with E-state index in [0.717, 1.165) is 10.6 Å². The molecule has 4 atom stereocenters. The van der Waals surface area contributed by atoms with Gasteiger partial charge in [0.15, 0.2) is 6.23 Å². The van der Waals surface area contributed by atoms with E-state index < -0.39 is 43.4 Å². The number of nitrogens with zero attached hydrogens (tertiary/aromatic N) is 1. The molecule has 1 aliphatic rings. The standard InChI is InChI=1S/C16H23N2O8P/c1-4-24-27(22,25-5-2)10-6-7-11-13(20)14(23-3)15(26-11)18-9-8-12(19)17-16(18)21/h8-9,11,13-15,20H,4-5,7H2,1-3H3,(H,17,19,21)/t11-,13?,14?,15-/m1/s1. The Morgan fingerprint density at radius 1 is 1.33 bits per heavy atom. The Labute approximate surface area is 155 Å². The van der Waals surface area contributed by atoms with E-state index in [1.807, 2.05) is 0 Å². The number of ether oxygens (including phenoxy) is 2. The summed E-state index contributed by atoms with van der Waals surface area (Å²) in [4.78, 5) is 25.3. The van der Waals surface area contributed by atoms with Crippen molar-refractivity contribution in [2.45, 2.75) is 44.8 Å².